The van der Waals surface area contributed by atoms with Crippen molar-refractivity contribution in [3.8, 4) is 34.1 Å². The zero-order chi connectivity index (χ0) is 26.1. The first-order valence-electron chi connectivity index (χ1n) is 10.4. The van der Waals surface area contributed by atoms with Crippen LogP contribution >= 0.6 is 0 Å². The largest absolute Gasteiger partial charge is 0.457 e. The highest BCUT2D eigenvalue weighted by molar-refractivity contribution is 5.74. The third kappa shape index (κ3) is 5.65. The SMILES string of the molecule is Nc1cccc(Oc2ccc(-c3ccc(Oc4cccc(N)c4)cc3C(F)(F)F)c(C(F)(F)F)c2)c1. The Bertz CT molecular complexity index is 1290. The number of ether oxygens (including phenoxy) is 2. The van der Waals surface area contributed by atoms with Crippen molar-refractivity contribution < 1.29 is 35.8 Å². The zero-order valence-electron chi connectivity index (χ0n) is 18.3. The predicted octanol–water partition coefficient (Wildman–Crippen LogP) is 8.14. The number of benzene rings is 4. The zero-order valence-corrected chi connectivity index (χ0v) is 18.3. The normalized spacial score (nSPS) is 11.8. The van der Waals surface area contributed by atoms with Crippen molar-refractivity contribution in [3.05, 3.63) is 96.1 Å². The topological polar surface area (TPSA) is 70.5 Å². The molecule has 4 aromatic carbocycles. The minimum atomic E-state index is -4.97. The third-order valence-corrected chi connectivity index (χ3v) is 5.07. The van der Waals surface area contributed by atoms with E-state index in [1.54, 1.807) is 24.3 Å². The van der Waals surface area contributed by atoms with Crippen LogP contribution < -0.4 is 20.9 Å². The number of nitrogens with two attached hydrogens (primary N) is 2. The Kier molecular flexibility index (Phi) is 6.45. The summed E-state index contributed by atoms with van der Waals surface area (Å²) in [7, 11) is 0. The highest BCUT2D eigenvalue weighted by atomic mass is 19.4. The van der Waals surface area contributed by atoms with Crippen LogP contribution in [-0.4, -0.2) is 0 Å². The molecule has 4 rings (SSSR count). The second kappa shape index (κ2) is 9.37. The van der Waals surface area contributed by atoms with E-state index in [-0.39, 0.29) is 23.0 Å². The molecule has 0 saturated carbocycles. The summed E-state index contributed by atoms with van der Waals surface area (Å²) in [6.07, 6.45) is -9.94. The van der Waals surface area contributed by atoms with Gasteiger partial charge in [-0.2, -0.15) is 26.3 Å². The summed E-state index contributed by atoms with van der Waals surface area (Å²) in [5.74, 6) is -0.0801. The van der Waals surface area contributed by atoms with Crippen molar-refractivity contribution >= 4 is 11.4 Å². The molecule has 0 atom stereocenters. The molecule has 4 N–H and O–H groups in total. The first kappa shape index (κ1) is 24.8. The maximum atomic E-state index is 14.0. The molecule has 0 aliphatic heterocycles. The van der Waals surface area contributed by atoms with Crippen LogP contribution in [0.2, 0.25) is 0 Å². The van der Waals surface area contributed by atoms with Crippen LogP contribution in [-0.2, 0) is 12.4 Å². The lowest BCUT2D eigenvalue weighted by molar-refractivity contribution is -0.139. The van der Waals surface area contributed by atoms with E-state index >= 15 is 0 Å². The Hall–Kier alpha value is -4.34. The fourth-order valence-electron chi connectivity index (χ4n) is 3.54. The molecule has 0 saturated heterocycles. The Balaban J connectivity index is 1.78. The van der Waals surface area contributed by atoms with E-state index in [0.29, 0.717) is 23.5 Å². The quantitative estimate of drug-likeness (QED) is 0.213. The van der Waals surface area contributed by atoms with E-state index < -0.39 is 34.6 Å². The van der Waals surface area contributed by atoms with Gasteiger partial charge >= 0.3 is 12.4 Å². The molecule has 0 heterocycles. The molecule has 4 nitrogen and oxygen atoms in total. The smallest absolute Gasteiger partial charge is 0.417 e. The summed E-state index contributed by atoms with van der Waals surface area (Å²) in [5.41, 5.74) is 8.06. The molecule has 0 radical (unpaired) electrons. The van der Waals surface area contributed by atoms with Crippen molar-refractivity contribution in [1.82, 2.24) is 0 Å². The van der Waals surface area contributed by atoms with Gasteiger partial charge in [0, 0.05) is 23.5 Å². The summed E-state index contributed by atoms with van der Waals surface area (Å²) < 4.78 is 94.6. The van der Waals surface area contributed by atoms with Crippen LogP contribution in [0.25, 0.3) is 11.1 Å². The molecule has 0 aromatic heterocycles. The lowest BCUT2D eigenvalue weighted by Crippen LogP contribution is -2.11. The molecule has 0 spiro atoms. The Morgan fingerprint density at radius 3 is 1.17 bits per heavy atom. The first-order valence-corrected chi connectivity index (χ1v) is 10.4. The van der Waals surface area contributed by atoms with Crippen molar-refractivity contribution in [2.75, 3.05) is 11.5 Å². The van der Waals surface area contributed by atoms with E-state index in [1.807, 2.05) is 0 Å². The second-order valence-corrected chi connectivity index (χ2v) is 7.76. The summed E-state index contributed by atoms with van der Waals surface area (Å²) in [4.78, 5) is 0. The second-order valence-electron chi connectivity index (χ2n) is 7.76. The van der Waals surface area contributed by atoms with E-state index in [1.165, 1.54) is 24.3 Å². The summed E-state index contributed by atoms with van der Waals surface area (Å²) in [6, 6.07) is 17.5. The maximum Gasteiger partial charge on any atom is 0.417 e. The standard InChI is InChI=1S/C26H18F6N2O2/c27-25(28,29)23-13-19(35-17-5-1-3-15(33)11-17)7-9-21(23)22-10-8-20(14-24(22)26(30,31)32)36-18-6-2-4-16(34)12-18/h1-14H,33-34H2. The van der Waals surface area contributed by atoms with Gasteiger partial charge in [-0.05, 0) is 59.7 Å². The molecule has 0 fully saturated rings. The molecule has 0 aliphatic carbocycles. The Labute approximate surface area is 201 Å². The van der Waals surface area contributed by atoms with Gasteiger partial charge in [0.15, 0.2) is 0 Å². The first-order chi connectivity index (χ1) is 16.9. The molecular formula is C26H18F6N2O2. The number of hydrogen-bond acceptors (Lipinski definition) is 4. The average Bonchev–Trinajstić information content (AvgIpc) is 2.78. The van der Waals surface area contributed by atoms with Crippen LogP contribution in [0.4, 0.5) is 37.7 Å². The highest BCUT2D eigenvalue weighted by Crippen LogP contribution is 2.45. The van der Waals surface area contributed by atoms with Gasteiger partial charge in [-0.1, -0.05) is 24.3 Å². The van der Waals surface area contributed by atoms with E-state index in [9.17, 15) is 26.3 Å². The Morgan fingerprint density at radius 2 is 0.833 bits per heavy atom. The molecule has 0 amide bonds. The van der Waals surface area contributed by atoms with Gasteiger partial charge in [0.05, 0.1) is 11.1 Å². The summed E-state index contributed by atoms with van der Waals surface area (Å²) in [6.45, 7) is 0. The van der Waals surface area contributed by atoms with Crippen molar-refractivity contribution in [2.45, 2.75) is 12.4 Å². The maximum absolute atomic E-state index is 14.0. The molecule has 0 aliphatic rings. The van der Waals surface area contributed by atoms with Crippen LogP contribution in [0, 0.1) is 0 Å². The van der Waals surface area contributed by atoms with Crippen LogP contribution in [0.1, 0.15) is 11.1 Å². The molecular weight excluding hydrogens is 486 g/mol. The van der Waals surface area contributed by atoms with Crippen molar-refractivity contribution in [2.24, 2.45) is 0 Å². The average molecular weight is 504 g/mol. The Morgan fingerprint density at radius 1 is 0.472 bits per heavy atom. The van der Waals surface area contributed by atoms with Crippen LogP contribution in [0.15, 0.2) is 84.9 Å². The number of alkyl halides is 6. The third-order valence-electron chi connectivity index (χ3n) is 5.07. The van der Waals surface area contributed by atoms with E-state index in [4.69, 9.17) is 20.9 Å². The lowest BCUT2D eigenvalue weighted by Gasteiger charge is -2.19. The summed E-state index contributed by atoms with van der Waals surface area (Å²) >= 11 is 0. The minimum Gasteiger partial charge on any atom is -0.457 e. The van der Waals surface area contributed by atoms with Gasteiger partial charge in [-0.25, -0.2) is 0 Å². The molecule has 186 valence electrons. The molecule has 36 heavy (non-hydrogen) atoms. The van der Waals surface area contributed by atoms with Crippen LogP contribution in [0.3, 0.4) is 0 Å². The fourth-order valence-corrected chi connectivity index (χ4v) is 3.54. The number of hydrogen-bond donors (Lipinski definition) is 2. The number of nitrogen functional groups attached to an aromatic ring is 2. The predicted molar refractivity (Wildman–Crippen MR) is 124 cm³/mol. The lowest BCUT2D eigenvalue weighted by atomic mass is 9.94. The van der Waals surface area contributed by atoms with Crippen molar-refractivity contribution in [3.63, 3.8) is 0 Å². The van der Waals surface area contributed by atoms with E-state index in [0.717, 1.165) is 24.3 Å². The van der Waals surface area contributed by atoms with Gasteiger partial charge < -0.3 is 20.9 Å². The highest BCUT2D eigenvalue weighted by Gasteiger charge is 2.39. The van der Waals surface area contributed by atoms with Gasteiger partial charge in [-0.15, -0.1) is 0 Å². The minimum absolute atomic E-state index is 0.176. The van der Waals surface area contributed by atoms with E-state index in [2.05, 4.69) is 0 Å². The number of rotatable bonds is 5. The fraction of sp³-hybridized carbons (Fsp3) is 0.0769. The number of halogens is 6. The van der Waals surface area contributed by atoms with Gasteiger partial charge in [-0.3, -0.25) is 0 Å². The monoisotopic (exact) mass is 504 g/mol. The van der Waals surface area contributed by atoms with Gasteiger partial charge in [0.2, 0.25) is 0 Å². The van der Waals surface area contributed by atoms with Gasteiger partial charge in [0.25, 0.3) is 0 Å². The molecule has 0 bridgehead atoms. The van der Waals surface area contributed by atoms with Crippen molar-refractivity contribution in [1.29, 1.82) is 0 Å². The number of anilines is 2. The molecule has 4 aromatic rings. The summed E-state index contributed by atoms with van der Waals surface area (Å²) in [5, 5.41) is 0. The molecule has 10 heteroatoms. The molecule has 0 unspecified atom stereocenters. The van der Waals surface area contributed by atoms with Gasteiger partial charge in [0.1, 0.15) is 23.0 Å². The van der Waals surface area contributed by atoms with Crippen LogP contribution in [0.5, 0.6) is 23.0 Å².